The number of anilines is 5. The molecule has 2 unspecified atom stereocenters. The first-order chi connectivity index (χ1) is 34.5. The highest BCUT2D eigenvalue weighted by Gasteiger charge is 2.36. The lowest BCUT2D eigenvalue weighted by atomic mass is 10.0. The standard InChI is InChI=1S/C24H19ClF4N6O.C14H10Cl2F3N3O.C10H10FN3/c1-13-10-35(12-31-13)19-6-4-15(8-18(19)26)32-23-30-9-21-22(33-23)34(2)20(11-36-21)16-7-14(24(27,28)29)3-5-17(16)25;1-22-10(6-23-11-5-20-13(16)21-12(11)22)8-4-7(14(17,18)19)2-3-9(8)15;1-7-5-14(6-13-7)10-3-2-8(12)4-9(10)11/h3-10,12,20H,11H2,1-2H3,(H,30,32,33);2-5,10H,6H2,1H3;2-6H,12H2,1H3. The molecule has 2 aliphatic rings. The highest BCUT2D eigenvalue weighted by Crippen LogP contribution is 2.43. The van der Waals surface area contributed by atoms with E-state index < -0.39 is 41.4 Å². The lowest BCUT2D eigenvalue weighted by Crippen LogP contribution is -2.34. The maximum atomic E-state index is 14.7. The number of ether oxygens (including phenoxy) is 2. The summed E-state index contributed by atoms with van der Waals surface area (Å²) in [5, 5.41) is 3.38. The third-order valence-electron chi connectivity index (χ3n) is 11.4. The van der Waals surface area contributed by atoms with Crippen molar-refractivity contribution in [2.75, 3.05) is 48.2 Å². The minimum Gasteiger partial charge on any atom is -0.486 e. The Morgan fingerprint density at radius 2 is 1.10 bits per heavy atom. The summed E-state index contributed by atoms with van der Waals surface area (Å²) in [5.74, 6) is 0.858. The van der Waals surface area contributed by atoms with E-state index in [-0.39, 0.29) is 45.9 Å². The van der Waals surface area contributed by atoms with Crippen LogP contribution in [0.2, 0.25) is 15.3 Å². The fourth-order valence-electron chi connectivity index (χ4n) is 7.64. The number of likely N-dealkylation sites (N-methyl/N-ethyl adjacent to an activating group) is 2. The molecule has 380 valence electrons. The molecule has 0 saturated heterocycles. The van der Waals surface area contributed by atoms with Crippen LogP contribution in [0.3, 0.4) is 0 Å². The molecular weight excluding hydrogens is 1030 g/mol. The SMILES string of the molecule is CN1c2nc(Cl)ncc2OCC1c1cc(C(F)(F)F)ccc1Cl.Cc1cn(-c2ccc(N)cc2F)cn1.Cc1cn(-c2ccc(Nc3ncc4c(n3)N(C)C(c3cc(C(F)(F)F)ccc3Cl)CO4)cc2F)cn1. The molecule has 73 heavy (non-hydrogen) atoms. The van der Waals surface area contributed by atoms with Gasteiger partial charge in [0.15, 0.2) is 23.1 Å². The normalized spacial score (nSPS) is 15.2. The summed E-state index contributed by atoms with van der Waals surface area (Å²) in [4.78, 5) is 28.0. The average Bonchev–Trinajstić information content (AvgIpc) is 3.97. The molecule has 2 aliphatic heterocycles. The fraction of sp³-hybridized carbons (Fsp3) is 0.208. The van der Waals surface area contributed by atoms with Gasteiger partial charge in [-0.15, -0.1) is 0 Å². The van der Waals surface area contributed by atoms with Gasteiger partial charge in [0.25, 0.3) is 0 Å². The third kappa shape index (κ3) is 11.8. The van der Waals surface area contributed by atoms with Crippen LogP contribution in [0, 0.1) is 25.5 Å². The number of nitrogen functional groups attached to an aromatic ring is 1. The molecular formula is C48H39Cl3F8N12O2. The van der Waals surface area contributed by atoms with E-state index in [1.165, 1.54) is 43.0 Å². The van der Waals surface area contributed by atoms with Crippen LogP contribution >= 0.6 is 34.8 Å². The largest absolute Gasteiger partial charge is 0.486 e. The van der Waals surface area contributed by atoms with Crippen molar-refractivity contribution in [2.45, 2.75) is 38.3 Å². The van der Waals surface area contributed by atoms with E-state index in [1.807, 2.05) is 13.8 Å². The van der Waals surface area contributed by atoms with Crippen molar-refractivity contribution >= 4 is 63.8 Å². The maximum Gasteiger partial charge on any atom is 0.416 e. The number of imidazole rings is 2. The Kier molecular flexibility index (Phi) is 14.9. The topological polar surface area (TPSA) is 150 Å². The van der Waals surface area contributed by atoms with Gasteiger partial charge in [0.1, 0.15) is 24.8 Å². The smallest absolute Gasteiger partial charge is 0.416 e. The Morgan fingerprint density at radius 1 is 0.616 bits per heavy atom. The van der Waals surface area contributed by atoms with E-state index >= 15 is 0 Å². The number of nitrogens with zero attached hydrogens (tertiary/aromatic N) is 10. The molecule has 8 aromatic rings. The molecule has 10 rings (SSSR count). The Bertz CT molecular complexity index is 3300. The second-order valence-corrected chi connectivity index (χ2v) is 17.6. The highest BCUT2D eigenvalue weighted by atomic mass is 35.5. The van der Waals surface area contributed by atoms with Crippen molar-refractivity contribution in [2.24, 2.45) is 0 Å². The van der Waals surface area contributed by atoms with Gasteiger partial charge < -0.3 is 39.5 Å². The molecule has 0 bridgehead atoms. The number of alkyl halides is 6. The number of fused-ring (bicyclic) bond motifs is 2. The number of rotatable bonds is 6. The van der Waals surface area contributed by atoms with E-state index in [0.717, 1.165) is 35.7 Å². The lowest BCUT2D eigenvalue weighted by Gasteiger charge is -2.35. The molecule has 0 saturated carbocycles. The fourth-order valence-corrected chi connectivity index (χ4v) is 8.25. The van der Waals surface area contributed by atoms with Crippen molar-refractivity contribution in [3.05, 3.63) is 171 Å². The predicted molar refractivity (Wildman–Crippen MR) is 259 cm³/mol. The summed E-state index contributed by atoms with van der Waals surface area (Å²) in [6.45, 7) is 3.84. The predicted octanol–water partition coefficient (Wildman–Crippen LogP) is 12.4. The van der Waals surface area contributed by atoms with Gasteiger partial charge >= 0.3 is 12.4 Å². The second-order valence-electron chi connectivity index (χ2n) is 16.4. The molecule has 14 nitrogen and oxygen atoms in total. The number of hydrogen-bond donors (Lipinski definition) is 2. The minimum absolute atomic E-state index is 0.0231. The van der Waals surface area contributed by atoms with Gasteiger partial charge in [0, 0.05) is 47.9 Å². The van der Waals surface area contributed by atoms with Gasteiger partial charge in [-0.1, -0.05) is 23.2 Å². The first-order valence-corrected chi connectivity index (χ1v) is 22.6. The number of aromatic nitrogens is 8. The van der Waals surface area contributed by atoms with Gasteiger partial charge in [-0.05, 0) is 109 Å². The number of nitrogens with one attached hydrogen (secondary N) is 1. The van der Waals surface area contributed by atoms with Gasteiger partial charge in [0.2, 0.25) is 11.2 Å². The van der Waals surface area contributed by atoms with Crippen LogP contribution in [0.1, 0.15) is 45.7 Å². The van der Waals surface area contributed by atoms with E-state index in [0.29, 0.717) is 51.4 Å². The van der Waals surface area contributed by atoms with Gasteiger partial charge in [-0.25, -0.2) is 28.7 Å². The number of aryl methyl sites for hydroxylation is 2. The molecule has 4 aromatic carbocycles. The first-order valence-electron chi connectivity index (χ1n) is 21.5. The number of nitrogens with two attached hydrogens (primary N) is 1. The molecule has 0 amide bonds. The summed E-state index contributed by atoms with van der Waals surface area (Å²) in [7, 11) is 3.37. The van der Waals surface area contributed by atoms with E-state index in [4.69, 9.17) is 50.0 Å². The summed E-state index contributed by atoms with van der Waals surface area (Å²) < 4.78 is 121. The zero-order valence-corrected chi connectivity index (χ0v) is 40.8. The van der Waals surface area contributed by atoms with Crippen LogP contribution in [0.15, 0.2) is 110 Å². The average molecular weight is 1070 g/mol. The maximum absolute atomic E-state index is 14.7. The van der Waals surface area contributed by atoms with E-state index in [9.17, 15) is 35.1 Å². The molecule has 0 spiro atoms. The van der Waals surface area contributed by atoms with Crippen LogP contribution in [0.25, 0.3) is 11.4 Å². The minimum atomic E-state index is -4.51. The van der Waals surface area contributed by atoms with Crippen molar-refractivity contribution in [3.8, 4) is 22.9 Å². The molecule has 0 aliphatic carbocycles. The zero-order valence-electron chi connectivity index (χ0n) is 38.5. The van der Waals surface area contributed by atoms with Gasteiger partial charge in [-0.2, -0.15) is 36.3 Å². The van der Waals surface area contributed by atoms with E-state index in [1.54, 1.807) is 76.0 Å². The van der Waals surface area contributed by atoms with Crippen molar-refractivity contribution in [1.29, 1.82) is 0 Å². The first kappa shape index (κ1) is 51.9. The van der Waals surface area contributed by atoms with Crippen LogP contribution in [-0.2, 0) is 12.4 Å². The van der Waals surface area contributed by atoms with Crippen molar-refractivity contribution < 1.29 is 44.6 Å². The van der Waals surface area contributed by atoms with Crippen LogP contribution < -0.4 is 30.3 Å². The van der Waals surface area contributed by atoms with Gasteiger partial charge in [-0.3, -0.25) is 0 Å². The molecule has 25 heteroatoms. The zero-order chi connectivity index (χ0) is 52.5. The Morgan fingerprint density at radius 3 is 1.56 bits per heavy atom. The summed E-state index contributed by atoms with van der Waals surface area (Å²) in [6.07, 6.45) is 0.480. The highest BCUT2D eigenvalue weighted by molar-refractivity contribution is 6.31. The van der Waals surface area contributed by atoms with Crippen molar-refractivity contribution in [1.82, 2.24) is 39.0 Å². The summed E-state index contributed by atoms with van der Waals surface area (Å²) >= 11 is 18.1. The van der Waals surface area contributed by atoms with Crippen LogP contribution in [0.4, 0.5) is 64.1 Å². The molecule has 6 heterocycles. The molecule has 4 aromatic heterocycles. The van der Waals surface area contributed by atoms with Crippen LogP contribution in [-0.4, -0.2) is 66.3 Å². The molecule has 0 fully saturated rings. The second kappa shape index (κ2) is 21.0. The third-order valence-corrected chi connectivity index (χ3v) is 12.2. The monoisotopic (exact) mass is 1070 g/mol. The van der Waals surface area contributed by atoms with Gasteiger partial charge in [0.05, 0.1) is 71.0 Å². The Hall–Kier alpha value is -7.43. The molecule has 3 N–H and O–H groups in total. The van der Waals surface area contributed by atoms with E-state index in [2.05, 4.69) is 35.2 Å². The number of benzene rings is 4. The molecule has 2 atom stereocenters. The quantitative estimate of drug-likeness (QED) is 0.0927. The van der Waals surface area contributed by atoms with Crippen molar-refractivity contribution in [3.63, 3.8) is 0 Å². The Balaban J connectivity index is 0.000000163. The Labute approximate surface area is 426 Å². The lowest BCUT2D eigenvalue weighted by molar-refractivity contribution is -0.138. The number of hydrogen-bond acceptors (Lipinski definition) is 12. The molecule has 0 radical (unpaired) electrons. The van der Waals surface area contributed by atoms with Crippen LogP contribution in [0.5, 0.6) is 11.5 Å². The summed E-state index contributed by atoms with van der Waals surface area (Å²) in [5.41, 5.74) is 7.68. The number of halogens is 11. The summed E-state index contributed by atoms with van der Waals surface area (Å²) in [6, 6.07) is 14.4.